The number of hydrogen-bond donors (Lipinski definition) is 1. The topological polar surface area (TPSA) is 15.3 Å². The average molecular weight is 234 g/mol. The molecule has 2 heteroatoms. The van der Waals surface area contributed by atoms with Gasteiger partial charge in [0.1, 0.15) is 0 Å². The molecule has 0 fully saturated rings. The Balaban J connectivity index is 2.43. The Morgan fingerprint density at radius 2 is 1.82 bits per heavy atom. The largest absolute Gasteiger partial charge is 0.375 e. The highest BCUT2D eigenvalue weighted by Gasteiger charge is 2.04. The van der Waals surface area contributed by atoms with Gasteiger partial charge in [-0.25, -0.2) is 0 Å². The summed E-state index contributed by atoms with van der Waals surface area (Å²) >= 11 is 0. The fourth-order valence-electron chi connectivity index (χ4n) is 1.95. The zero-order valence-corrected chi connectivity index (χ0v) is 11.7. The van der Waals surface area contributed by atoms with Crippen LogP contribution in [0.5, 0.6) is 0 Å². The van der Waals surface area contributed by atoms with Gasteiger partial charge in [-0.3, -0.25) is 0 Å². The van der Waals surface area contributed by atoms with Crippen LogP contribution in [0.2, 0.25) is 0 Å². The molecule has 0 spiro atoms. The molecule has 96 valence electrons. The molecule has 0 amide bonds. The first-order chi connectivity index (χ1) is 8.17. The molecule has 1 rings (SSSR count). The van der Waals surface area contributed by atoms with Crippen LogP contribution in [-0.2, 0) is 6.42 Å². The SMILES string of the molecule is CCNC(C)CCN(C)c1ccc(CC)cc1. The van der Waals surface area contributed by atoms with E-state index in [-0.39, 0.29) is 0 Å². The molecule has 1 unspecified atom stereocenters. The second-order valence-corrected chi connectivity index (χ2v) is 4.69. The van der Waals surface area contributed by atoms with Crippen LogP contribution in [0.25, 0.3) is 0 Å². The summed E-state index contributed by atoms with van der Waals surface area (Å²) in [5.74, 6) is 0. The van der Waals surface area contributed by atoms with Crippen molar-refractivity contribution in [3.05, 3.63) is 29.8 Å². The lowest BCUT2D eigenvalue weighted by atomic mass is 10.1. The van der Waals surface area contributed by atoms with Crippen molar-refractivity contribution in [2.75, 3.05) is 25.0 Å². The van der Waals surface area contributed by atoms with E-state index < -0.39 is 0 Å². The Morgan fingerprint density at radius 1 is 1.18 bits per heavy atom. The summed E-state index contributed by atoms with van der Waals surface area (Å²) in [6, 6.07) is 9.48. The molecule has 0 bridgehead atoms. The van der Waals surface area contributed by atoms with Crippen molar-refractivity contribution in [3.8, 4) is 0 Å². The molecule has 0 aliphatic heterocycles. The standard InChI is InChI=1S/C15H26N2/c1-5-14-7-9-15(10-8-14)17(4)12-11-13(3)16-6-2/h7-10,13,16H,5-6,11-12H2,1-4H3. The van der Waals surface area contributed by atoms with E-state index in [4.69, 9.17) is 0 Å². The van der Waals surface area contributed by atoms with E-state index >= 15 is 0 Å². The van der Waals surface area contributed by atoms with Crippen molar-refractivity contribution in [3.63, 3.8) is 0 Å². The molecular weight excluding hydrogens is 208 g/mol. The van der Waals surface area contributed by atoms with Crippen LogP contribution < -0.4 is 10.2 Å². The zero-order valence-electron chi connectivity index (χ0n) is 11.7. The van der Waals surface area contributed by atoms with Crippen LogP contribution in [0, 0.1) is 0 Å². The van der Waals surface area contributed by atoms with Crippen LogP contribution in [0.4, 0.5) is 5.69 Å². The number of benzene rings is 1. The first-order valence-corrected chi connectivity index (χ1v) is 6.70. The minimum atomic E-state index is 0.595. The first-order valence-electron chi connectivity index (χ1n) is 6.70. The number of hydrogen-bond acceptors (Lipinski definition) is 2. The predicted molar refractivity (Wildman–Crippen MR) is 76.8 cm³/mol. The maximum atomic E-state index is 3.44. The predicted octanol–water partition coefficient (Wildman–Crippen LogP) is 3.07. The Labute approximate surface area is 106 Å². The first kappa shape index (κ1) is 14.0. The lowest BCUT2D eigenvalue weighted by molar-refractivity contribution is 0.531. The number of rotatable bonds is 7. The third kappa shape index (κ3) is 4.78. The van der Waals surface area contributed by atoms with Gasteiger partial charge in [-0.2, -0.15) is 0 Å². The van der Waals surface area contributed by atoms with E-state index in [1.165, 1.54) is 17.7 Å². The van der Waals surface area contributed by atoms with E-state index in [9.17, 15) is 0 Å². The van der Waals surface area contributed by atoms with Crippen molar-refractivity contribution in [2.24, 2.45) is 0 Å². The summed E-state index contributed by atoms with van der Waals surface area (Å²) in [7, 11) is 2.17. The van der Waals surface area contributed by atoms with Crippen molar-refractivity contribution in [1.82, 2.24) is 5.32 Å². The van der Waals surface area contributed by atoms with Crippen molar-refractivity contribution >= 4 is 5.69 Å². The molecule has 1 atom stereocenters. The smallest absolute Gasteiger partial charge is 0.0363 e. The second-order valence-electron chi connectivity index (χ2n) is 4.69. The normalized spacial score (nSPS) is 12.5. The minimum absolute atomic E-state index is 0.595. The van der Waals surface area contributed by atoms with Crippen LogP contribution in [0.15, 0.2) is 24.3 Å². The molecule has 0 heterocycles. The van der Waals surface area contributed by atoms with E-state index in [1.807, 2.05) is 0 Å². The Bertz CT molecular complexity index is 305. The van der Waals surface area contributed by atoms with E-state index in [0.29, 0.717) is 6.04 Å². The highest BCUT2D eigenvalue weighted by Crippen LogP contribution is 2.14. The third-order valence-corrected chi connectivity index (χ3v) is 3.24. The number of nitrogens with zero attached hydrogens (tertiary/aromatic N) is 1. The molecule has 0 aliphatic rings. The summed E-state index contributed by atoms with van der Waals surface area (Å²) in [6.45, 7) is 8.74. The summed E-state index contributed by atoms with van der Waals surface area (Å²) in [5.41, 5.74) is 2.72. The van der Waals surface area contributed by atoms with E-state index in [1.54, 1.807) is 0 Å². The fraction of sp³-hybridized carbons (Fsp3) is 0.600. The summed E-state index contributed by atoms with van der Waals surface area (Å²) in [5, 5.41) is 3.44. The van der Waals surface area contributed by atoms with Crippen LogP contribution in [0.1, 0.15) is 32.8 Å². The molecule has 1 aromatic carbocycles. The molecule has 0 aliphatic carbocycles. The number of anilines is 1. The van der Waals surface area contributed by atoms with Gasteiger partial charge in [-0.1, -0.05) is 26.0 Å². The highest BCUT2D eigenvalue weighted by atomic mass is 15.1. The number of nitrogens with one attached hydrogen (secondary N) is 1. The van der Waals surface area contributed by atoms with Gasteiger partial charge in [0.15, 0.2) is 0 Å². The molecule has 2 nitrogen and oxygen atoms in total. The molecule has 0 saturated heterocycles. The van der Waals surface area contributed by atoms with Crippen LogP contribution in [-0.4, -0.2) is 26.2 Å². The highest BCUT2D eigenvalue weighted by molar-refractivity contribution is 5.46. The zero-order chi connectivity index (χ0) is 12.7. The molecular formula is C15H26N2. The van der Waals surface area contributed by atoms with Gasteiger partial charge < -0.3 is 10.2 Å². The Hall–Kier alpha value is -1.02. The molecule has 1 aromatic rings. The molecule has 0 aromatic heterocycles. The molecule has 0 saturated carbocycles. The van der Waals surface area contributed by atoms with Gasteiger partial charge in [-0.15, -0.1) is 0 Å². The summed E-state index contributed by atoms with van der Waals surface area (Å²) in [4.78, 5) is 2.33. The number of aryl methyl sites for hydroxylation is 1. The van der Waals surface area contributed by atoms with Gasteiger partial charge in [0.2, 0.25) is 0 Å². The van der Waals surface area contributed by atoms with Gasteiger partial charge >= 0.3 is 0 Å². The van der Waals surface area contributed by atoms with E-state index in [2.05, 4.69) is 62.3 Å². The molecule has 0 radical (unpaired) electrons. The maximum absolute atomic E-state index is 3.44. The van der Waals surface area contributed by atoms with Gasteiger partial charge in [-0.05, 0) is 44.0 Å². The van der Waals surface area contributed by atoms with Crippen LogP contribution in [0.3, 0.4) is 0 Å². The van der Waals surface area contributed by atoms with Gasteiger partial charge in [0.05, 0.1) is 0 Å². The van der Waals surface area contributed by atoms with E-state index in [0.717, 1.165) is 19.5 Å². The monoisotopic (exact) mass is 234 g/mol. The van der Waals surface area contributed by atoms with Crippen LogP contribution >= 0.6 is 0 Å². The van der Waals surface area contributed by atoms with Crippen molar-refractivity contribution in [1.29, 1.82) is 0 Å². The maximum Gasteiger partial charge on any atom is 0.0363 e. The van der Waals surface area contributed by atoms with Gasteiger partial charge in [0, 0.05) is 25.3 Å². The molecule has 1 N–H and O–H groups in total. The fourth-order valence-corrected chi connectivity index (χ4v) is 1.95. The third-order valence-electron chi connectivity index (χ3n) is 3.24. The van der Waals surface area contributed by atoms with Crippen molar-refractivity contribution < 1.29 is 0 Å². The molecule has 17 heavy (non-hydrogen) atoms. The lowest BCUT2D eigenvalue weighted by Gasteiger charge is -2.22. The van der Waals surface area contributed by atoms with Crippen molar-refractivity contribution in [2.45, 2.75) is 39.7 Å². The summed E-state index contributed by atoms with van der Waals surface area (Å²) in [6.07, 6.45) is 2.29. The second kappa shape index (κ2) is 7.33. The Kier molecular flexibility index (Phi) is 6.06. The summed E-state index contributed by atoms with van der Waals surface area (Å²) < 4.78 is 0. The minimum Gasteiger partial charge on any atom is -0.375 e. The quantitative estimate of drug-likeness (QED) is 0.780. The average Bonchev–Trinajstić information content (AvgIpc) is 2.36. The lowest BCUT2D eigenvalue weighted by Crippen LogP contribution is -2.30. The van der Waals surface area contributed by atoms with Gasteiger partial charge in [0.25, 0.3) is 0 Å². The Morgan fingerprint density at radius 3 is 2.35 bits per heavy atom.